The number of ether oxygens (including phenoxy) is 1. The second kappa shape index (κ2) is 7.01. The molecule has 3 aromatic rings. The number of amides is 1. The third-order valence-corrected chi connectivity index (χ3v) is 3.72. The van der Waals surface area contributed by atoms with Crippen LogP contribution in [0.25, 0.3) is 0 Å². The van der Waals surface area contributed by atoms with Crippen LogP contribution >= 0.6 is 0 Å². The van der Waals surface area contributed by atoms with Crippen molar-refractivity contribution in [2.75, 3.05) is 5.32 Å². The first-order valence-corrected chi connectivity index (χ1v) is 7.83. The topological polar surface area (TPSA) is 38.3 Å². The van der Waals surface area contributed by atoms with Gasteiger partial charge in [0, 0.05) is 11.3 Å². The SMILES string of the molecule is Cc1ccc(C)c(NC(=O)c2cccc(Oc3ccccc3)c2)c1. The highest BCUT2D eigenvalue weighted by molar-refractivity contribution is 6.04. The van der Waals surface area contributed by atoms with Crippen LogP contribution in [0.1, 0.15) is 21.5 Å². The van der Waals surface area contributed by atoms with Gasteiger partial charge in [0.1, 0.15) is 11.5 Å². The molecule has 0 heterocycles. The monoisotopic (exact) mass is 317 g/mol. The van der Waals surface area contributed by atoms with Crippen molar-refractivity contribution in [3.63, 3.8) is 0 Å². The summed E-state index contributed by atoms with van der Waals surface area (Å²) < 4.78 is 5.78. The van der Waals surface area contributed by atoms with Gasteiger partial charge in [0.25, 0.3) is 5.91 Å². The highest BCUT2D eigenvalue weighted by Crippen LogP contribution is 2.23. The second-order valence-electron chi connectivity index (χ2n) is 5.72. The van der Waals surface area contributed by atoms with Crippen LogP contribution in [0.15, 0.2) is 72.8 Å². The van der Waals surface area contributed by atoms with E-state index in [1.54, 1.807) is 12.1 Å². The molecular weight excluding hydrogens is 298 g/mol. The highest BCUT2D eigenvalue weighted by Gasteiger charge is 2.09. The minimum Gasteiger partial charge on any atom is -0.457 e. The molecule has 0 unspecified atom stereocenters. The Bertz CT molecular complexity index is 857. The number of hydrogen-bond donors (Lipinski definition) is 1. The molecule has 24 heavy (non-hydrogen) atoms. The Labute approximate surface area is 141 Å². The normalized spacial score (nSPS) is 10.2. The summed E-state index contributed by atoms with van der Waals surface area (Å²) in [7, 11) is 0. The van der Waals surface area contributed by atoms with E-state index in [0.717, 1.165) is 22.6 Å². The predicted molar refractivity (Wildman–Crippen MR) is 96.8 cm³/mol. The van der Waals surface area contributed by atoms with Crippen molar-refractivity contribution in [1.29, 1.82) is 0 Å². The summed E-state index contributed by atoms with van der Waals surface area (Å²) in [5.74, 6) is 1.22. The number of aryl methyl sites for hydroxylation is 2. The zero-order chi connectivity index (χ0) is 16.9. The maximum Gasteiger partial charge on any atom is 0.255 e. The van der Waals surface area contributed by atoms with Crippen LogP contribution in [0, 0.1) is 13.8 Å². The van der Waals surface area contributed by atoms with Crippen LogP contribution in [-0.4, -0.2) is 5.91 Å². The van der Waals surface area contributed by atoms with E-state index in [0.29, 0.717) is 11.3 Å². The molecule has 0 fully saturated rings. The van der Waals surface area contributed by atoms with Gasteiger partial charge in [-0.1, -0.05) is 36.4 Å². The van der Waals surface area contributed by atoms with Gasteiger partial charge in [-0.15, -0.1) is 0 Å². The van der Waals surface area contributed by atoms with Crippen LogP contribution in [0.2, 0.25) is 0 Å². The molecule has 3 rings (SSSR count). The van der Waals surface area contributed by atoms with E-state index in [1.165, 1.54) is 0 Å². The Balaban J connectivity index is 1.78. The lowest BCUT2D eigenvalue weighted by atomic mass is 10.1. The van der Waals surface area contributed by atoms with Gasteiger partial charge in [-0.25, -0.2) is 0 Å². The lowest BCUT2D eigenvalue weighted by Gasteiger charge is -2.11. The molecule has 0 saturated heterocycles. The molecule has 3 aromatic carbocycles. The molecule has 0 aliphatic heterocycles. The number of anilines is 1. The fraction of sp³-hybridized carbons (Fsp3) is 0.0952. The quantitative estimate of drug-likeness (QED) is 0.704. The third-order valence-electron chi connectivity index (χ3n) is 3.72. The second-order valence-corrected chi connectivity index (χ2v) is 5.72. The van der Waals surface area contributed by atoms with Crippen molar-refractivity contribution >= 4 is 11.6 Å². The number of rotatable bonds is 4. The molecule has 0 spiro atoms. The summed E-state index contributed by atoms with van der Waals surface area (Å²) in [5.41, 5.74) is 3.53. The molecule has 1 amide bonds. The van der Waals surface area contributed by atoms with Gasteiger partial charge in [0.15, 0.2) is 0 Å². The number of carbonyl (C=O) groups excluding carboxylic acids is 1. The van der Waals surface area contributed by atoms with Crippen molar-refractivity contribution in [1.82, 2.24) is 0 Å². The largest absolute Gasteiger partial charge is 0.457 e. The average Bonchev–Trinajstić information content (AvgIpc) is 2.59. The first-order valence-electron chi connectivity index (χ1n) is 7.83. The van der Waals surface area contributed by atoms with Crippen LogP contribution in [0.5, 0.6) is 11.5 Å². The van der Waals surface area contributed by atoms with Crippen molar-refractivity contribution in [2.45, 2.75) is 13.8 Å². The van der Waals surface area contributed by atoms with Gasteiger partial charge in [-0.2, -0.15) is 0 Å². The molecule has 0 aliphatic rings. The summed E-state index contributed by atoms with van der Waals surface area (Å²) in [6.07, 6.45) is 0. The molecule has 0 atom stereocenters. The Kier molecular flexibility index (Phi) is 4.62. The van der Waals surface area contributed by atoms with Crippen molar-refractivity contribution in [3.05, 3.63) is 89.5 Å². The molecule has 0 aliphatic carbocycles. The summed E-state index contributed by atoms with van der Waals surface area (Å²) >= 11 is 0. The van der Waals surface area contributed by atoms with Gasteiger partial charge < -0.3 is 10.1 Å². The van der Waals surface area contributed by atoms with Crippen LogP contribution < -0.4 is 10.1 Å². The summed E-state index contributed by atoms with van der Waals surface area (Å²) in [6.45, 7) is 3.98. The van der Waals surface area contributed by atoms with Gasteiger partial charge in [0.05, 0.1) is 0 Å². The minimum atomic E-state index is -0.151. The smallest absolute Gasteiger partial charge is 0.255 e. The van der Waals surface area contributed by atoms with Gasteiger partial charge in [0.2, 0.25) is 0 Å². The van der Waals surface area contributed by atoms with E-state index >= 15 is 0 Å². The van der Waals surface area contributed by atoms with Crippen molar-refractivity contribution < 1.29 is 9.53 Å². The zero-order valence-electron chi connectivity index (χ0n) is 13.7. The van der Waals surface area contributed by atoms with Crippen molar-refractivity contribution in [3.8, 4) is 11.5 Å². The lowest BCUT2D eigenvalue weighted by molar-refractivity contribution is 0.102. The maximum atomic E-state index is 12.5. The maximum absolute atomic E-state index is 12.5. The first kappa shape index (κ1) is 15.8. The fourth-order valence-corrected chi connectivity index (χ4v) is 2.39. The fourth-order valence-electron chi connectivity index (χ4n) is 2.39. The van der Waals surface area contributed by atoms with Crippen LogP contribution in [0.4, 0.5) is 5.69 Å². The Morgan fingerprint density at radius 2 is 1.58 bits per heavy atom. The summed E-state index contributed by atoms with van der Waals surface area (Å²) in [5, 5.41) is 2.96. The Morgan fingerprint density at radius 1 is 0.833 bits per heavy atom. The standard InChI is InChI=1S/C21H19NO2/c1-15-11-12-16(2)20(13-15)22-21(23)17-7-6-10-19(14-17)24-18-8-4-3-5-9-18/h3-14H,1-2H3,(H,22,23). The molecule has 1 N–H and O–H groups in total. The van der Waals surface area contributed by atoms with E-state index in [-0.39, 0.29) is 5.91 Å². The van der Waals surface area contributed by atoms with E-state index in [4.69, 9.17) is 4.74 Å². The molecule has 0 radical (unpaired) electrons. The molecule has 0 aromatic heterocycles. The summed E-state index contributed by atoms with van der Waals surface area (Å²) in [4.78, 5) is 12.5. The van der Waals surface area contributed by atoms with Gasteiger partial charge in [-0.3, -0.25) is 4.79 Å². The number of carbonyl (C=O) groups is 1. The van der Waals surface area contributed by atoms with Crippen LogP contribution in [0.3, 0.4) is 0 Å². The van der Waals surface area contributed by atoms with Crippen LogP contribution in [-0.2, 0) is 0 Å². The summed E-state index contributed by atoms with van der Waals surface area (Å²) in [6, 6.07) is 22.7. The number of benzene rings is 3. The zero-order valence-corrected chi connectivity index (χ0v) is 13.7. The molecule has 0 saturated carbocycles. The van der Waals surface area contributed by atoms with Gasteiger partial charge >= 0.3 is 0 Å². The Morgan fingerprint density at radius 3 is 2.38 bits per heavy atom. The Hall–Kier alpha value is -3.07. The van der Waals surface area contributed by atoms with E-state index in [2.05, 4.69) is 5.32 Å². The third kappa shape index (κ3) is 3.82. The average molecular weight is 317 g/mol. The minimum absolute atomic E-state index is 0.151. The lowest BCUT2D eigenvalue weighted by Crippen LogP contribution is -2.12. The first-order chi connectivity index (χ1) is 11.6. The number of hydrogen-bond acceptors (Lipinski definition) is 2. The number of para-hydroxylation sites is 1. The molecule has 120 valence electrons. The van der Waals surface area contributed by atoms with E-state index in [9.17, 15) is 4.79 Å². The van der Waals surface area contributed by atoms with Crippen molar-refractivity contribution in [2.24, 2.45) is 0 Å². The molecule has 0 bridgehead atoms. The van der Waals surface area contributed by atoms with Gasteiger partial charge in [-0.05, 0) is 61.4 Å². The molecule has 3 nitrogen and oxygen atoms in total. The molecular formula is C21H19NO2. The van der Waals surface area contributed by atoms with E-state index < -0.39 is 0 Å². The number of nitrogens with one attached hydrogen (secondary N) is 1. The molecule has 3 heteroatoms. The predicted octanol–water partition coefficient (Wildman–Crippen LogP) is 5.35. The highest BCUT2D eigenvalue weighted by atomic mass is 16.5. The van der Waals surface area contributed by atoms with E-state index in [1.807, 2.05) is 74.5 Å².